The number of carbonyl (C=O) groups is 1. The van der Waals surface area contributed by atoms with E-state index in [4.69, 9.17) is 11.6 Å². The molecule has 0 aromatic heterocycles. The van der Waals surface area contributed by atoms with Gasteiger partial charge in [0.15, 0.2) is 0 Å². The number of nitrogens with one attached hydrogen (secondary N) is 1. The number of benzene rings is 2. The van der Waals surface area contributed by atoms with Crippen LogP contribution in [-0.4, -0.2) is 36.2 Å². The summed E-state index contributed by atoms with van der Waals surface area (Å²) in [4.78, 5) is 16.1. The summed E-state index contributed by atoms with van der Waals surface area (Å²) in [6.07, 6.45) is 2.07. The zero-order chi connectivity index (χ0) is 19.1. The number of hydrogen-bond donors (Lipinski definition) is 1. The second-order valence-corrected chi connectivity index (χ2v) is 8.70. The lowest BCUT2D eigenvalue weighted by molar-refractivity contribution is -0.126. The van der Waals surface area contributed by atoms with Crippen LogP contribution in [0.3, 0.4) is 0 Å². The second kappa shape index (κ2) is 10.2. The van der Waals surface area contributed by atoms with E-state index in [1.165, 1.54) is 16.0 Å². The van der Waals surface area contributed by atoms with E-state index in [1.54, 1.807) is 11.8 Å². The van der Waals surface area contributed by atoms with Crippen molar-refractivity contribution in [3.05, 3.63) is 64.7 Å². The third kappa shape index (κ3) is 6.27. The average molecular weight is 403 g/mol. The van der Waals surface area contributed by atoms with Crippen molar-refractivity contribution in [3.8, 4) is 0 Å². The first-order valence-electron chi connectivity index (χ1n) is 9.55. The van der Waals surface area contributed by atoms with Gasteiger partial charge in [-0.25, -0.2) is 0 Å². The van der Waals surface area contributed by atoms with Crippen LogP contribution >= 0.6 is 23.4 Å². The molecular weight excluding hydrogens is 376 g/mol. The van der Waals surface area contributed by atoms with E-state index >= 15 is 0 Å². The maximum Gasteiger partial charge on any atom is 0.224 e. The highest BCUT2D eigenvalue weighted by atomic mass is 35.5. The molecule has 1 N–H and O–H groups in total. The van der Waals surface area contributed by atoms with Gasteiger partial charge in [-0.2, -0.15) is 0 Å². The van der Waals surface area contributed by atoms with E-state index in [9.17, 15) is 4.79 Å². The molecule has 0 saturated carbocycles. The maximum atomic E-state index is 12.6. The first-order valence-corrected chi connectivity index (χ1v) is 10.9. The van der Waals surface area contributed by atoms with E-state index in [1.807, 2.05) is 24.3 Å². The van der Waals surface area contributed by atoms with Crippen molar-refractivity contribution in [1.82, 2.24) is 10.2 Å². The van der Waals surface area contributed by atoms with E-state index in [0.717, 1.165) is 43.3 Å². The van der Waals surface area contributed by atoms with Crippen molar-refractivity contribution in [3.63, 3.8) is 0 Å². The van der Waals surface area contributed by atoms with Gasteiger partial charge in [-0.3, -0.25) is 9.69 Å². The molecular formula is C22H27ClN2OS. The number of halogens is 1. The number of thioether (sulfide) groups is 1. The molecule has 27 heavy (non-hydrogen) atoms. The normalized spacial score (nSPS) is 17.6. The highest BCUT2D eigenvalue weighted by Gasteiger charge is 2.25. The van der Waals surface area contributed by atoms with Crippen molar-refractivity contribution in [2.75, 3.05) is 25.4 Å². The smallest absolute Gasteiger partial charge is 0.224 e. The molecule has 1 heterocycles. The maximum absolute atomic E-state index is 12.6. The minimum Gasteiger partial charge on any atom is -0.355 e. The SMILES string of the molecule is Cc1ccccc1CN1CCCC(C(=O)NCCSc2ccc(Cl)cc2)C1. The van der Waals surface area contributed by atoms with Crippen LogP contribution in [0.1, 0.15) is 24.0 Å². The monoisotopic (exact) mass is 402 g/mol. The molecule has 0 aliphatic carbocycles. The Balaban J connectivity index is 1.41. The summed E-state index contributed by atoms with van der Waals surface area (Å²) >= 11 is 7.64. The standard InChI is InChI=1S/C22H27ClN2OS/c1-17-5-2-3-6-18(17)15-25-13-4-7-19(16-25)22(26)24-12-14-27-21-10-8-20(23)9-11-21/h2-3,5-6,8-11,19H,4,7,12-16H2,1H3,(H,24,26). The summed E-state index contributed by atoms with van der Waals surface area (Å²) < 4.78 is 0. The number of piperidine rings is 1. The molecule has 1 unspecified atom stereocenters. The fraction of sp³-hybridized carbons (Fsp3) is 0.409. The van der Waals surface area contributed by atoms with Crippen molar-refractivity contribution < 1.29 is 4.79 Å². The third-order valence-electron chi connectivity index (χ3n) is 5.02. The van der Waals surface area contributed by atoms with Crippen molar-refractivity contribution in [2.45, 2.75) is 31.2 Å². The molecule has 1 aliphatic rings. The summed E-state index contributed by atoms with van der Waals surface area (Å²) in [6.45, 7) is 5.71. The molecule has 0 bridgehead atoms. The summed E-state index contributed by atoms with van der Waals surface area (Å²) in [5, 5.41) is 3.87. The van der Waals surface area contributed by atoms with Gasteiger partial charge >= 0.3 is 0 Å². The number of carbonyl (C=O) groups excluding carboxylic acids is 1. The molecule has 3 rings (SSSR count). The zero-order valence-corrected chi connectivity index (χ0v) is 17.4. The topological polar surface area (TPSA) is 32.3 Å². The van der Waals surface area contributed by atoms with Crippen LogP contribution in [0.15, 0.2) is 53.4 Å². The van der Waals surface area contributed by atoms with Crippen LogP contribution in [0, 0.1) is 12.8 Å². The molecule has 0 radical (unpaired) electrons. The average Bonchev–Trinajstić information content (AvgIpc) is 2.68. The Hall–Kier alpha value is -1.49. The van der Waals surface area contributed by atoms with Crippen LogP contribution in [-0.2, 0) is 11.3 Å². The Bertz CT molecular complexity index is 750. The number of hydrogen-bond acceptors (Lipinski definition) is 3. The predicted molar refractivity (Wildman–Crippen MR) is 114 cm³/mol. The summed E-state index contributed by atoms with van der Waals surface area (Å²) in [6, 6.07) is 16.3. The van der Waals surface area contributed by atoms with Crippen LogP contribution in [0.5, 0.6) is 0 Å². The number of aryl methyl sites for hydroxylation is 1. The Morgan fingerprint density at radius 1 is 1.22 bits per heavy atom. The molecule has 2 aromatic carbocycles. The van der Waals surface area contributed by atoms with Crippen LogP contribution < -0.4 is 5.32 Å². The van der Waals surface area contributed by atoms with Gasteiger partial charge in [-0.15, -0.1) is 11.8 Å². The molecule has 1 fully saturated rings. The molecule has 1 aliphatic heterocycles. The Labute approximate surface area is 171 Å². The second-order valence-electron chi connectivity index (χ2n) is 7.09. The number of rotatable bonds is 7. The van der Waals surface area contributed by atoms with Crippen LogP contribution in [0.4, 0.5) is 0 Å². The van der Waals surface area contributed by atoms with Gasteiger partial charge in [0.1, 0.15) is 0 Å². The molecule has 1 amide bonds. The molecule has 2 aromatic rings. The zero-order valence-electron chi connectivity index (χ0n) is 15.8. The Morgan fingerprint density at radius 3 is 2.78 bits per heavy atom. The Morgan fingerprint density at radius 2 is 2.00 bits per heavy atom. The highest BCUT2D eigenvalue weighted by molar-refractivity contribution is 7.99. The van der Waals surface area contributed by atoms with Gasteiger partial charge in [0.2, 0.25) is 5.91 Å². The lowest BCUT2D eigenvalue weighted by Gasteiger charge is -2.32. The van der Waals surface area contributed by atoms with Crippen molar-refractivity contribution in [1.29, 1.82) is 0 Å². The largest absolute Gasteiger partial charge is 0.355 e. The van der Waals surface area contributed by atoms with Crippen molar-refractivity contribution in [2.24, 2.45) is 5.92 Å². The van der Waals surface area contributed by atoms with Gasteiger partial charge in [-0.1, -0.05) is 35.9 Å². The quantitative estimate of drug-likeness (QED) is 0.534. The number of nitrogens with zero attached hydrogens (tertiary/aromatic N) is 1. The van der Waals surface area contributed by atoms with Gasteiger partial charge in [0.25, 0.3) is 0 Å². The first kappa shape index (κ1) is 20.2. The van der Waals surface area contributed by atoms with Crippen LogP contribution in [0.25, 0.3) is 0 Å². The minimum absolute atomic E-state index is 0.100. The number of amides is 1. The summed E-state index contributed by atoms with van der Waals surface area (Å²) in [5.41, 5.74) is 2.68. The minimum atomic E-state index is 0.100. The van der Waals surface area contributed by atoms with Gasteiger partial charge < -0.3 is 5.32 Å². The van der Waals surface area contributed by atoms with Crippen LogP contribution in [0.2, 0.25) is 5.02 Å². The van der Waals surface area contributed by atoms with Gasteiger partial charge in [0, 0.05) is 35.3 Å². The highest BCUT2D eigenvalue weighted by Crippen LogP contribution is 2.21. The lowest BCUT2D eigenvalue weighted by Crippen LogP contribution is -2.43. The molecule has 1 saturated heterocycles. The van der Waals surface area contributed by atoms with Gasteiger partial charge in [0.05, 0.1) is 5.92 Å². The fourth-order valence-electron chi connectivity index (χ4n) is 3.46. The summed E-state index contributed by atoms with van der Waals surface area (Å²) in [5.74, 6) is 1.16. The predicted octanol–water partition coefficient (Wildman–Crippen LogP) is 4.77. The van der Waals surface area contributed by atoms with E-state index in [2.05, 4.69) is 41.4 Å². The van der Waals surface area contributed by atoms with E-state index in [-0.39, 0.29) is 11.8 Å². The molecule has 144 valence electrons. The lowest BCUT2D eigenvalue weighted by atomic mass is 9.96. The summed E-state index contributed by atoms with van der Waals surface area (Å²) in [7, 11) is 0. The number of likely N-dealkylation sites (tertiary alicyclic amines) is 1. The van der Waals surface area contributed by atoms with Gasteiger partial charge in [-0.05, 0) is 61.7 Å². The molecule has 5 heteroatoms. The molecule has 3 nitrogen and oxygen atoms in total. The third-order valence-corrected chi connectivity index (χ3v) is 6.28. The Kier molecular flexibility index (Phi) is 7.62. The van der Waals surface area contributed by atoms with E-state index in [0.29, 0.717) is 6.54 Å². The molecule has 1 atom stereocenters. The first-order chi connectivity index (χ1) is 13.1. The fourth-order valence-corrected chi connectivity index (χ4v) is 4.35. The van der Waals surface area contributed by atoms with Crippen molar-refractivity contribution >= 4 is 29.3 Å². The molecule has 0 spiro atoms. The van der Waals surface area contributed by atoms with E-state index < -0.39 is 0 Å².